The molecule has 0 aliphatic rings. The van der Waals surface area contributed by atoms with Crippen LogP contribution in [0.25, 0.3) is 0 Å². The number of nitrogens with zero attached hydrogens (tertiary/aromatic N) is 3. The number of hydrogen-bond acceptors (Lipinski definition) is 2. The van der Waals surface area contributed by atoms with Crippen LogP contribution in [0.2, 0.25) is 6.32 Å². The van der Waals surface area contributed by atoms with Crippen molar-refractivity contribution in [3.8, 4) is 6.07 Å². The van der Waals surface area contributed by atoms with Gasteiger partial charge < -0.3 is 4.57 Å². The third-order valence-corrected chi connectivity index (χ3v) is 4.08. The Balaban J connectivity index is 0.000000196. The first-order chi connectivity index (χ1) is 12.2. The molecule has 3 aromatic rings. The van der Waals surface area contributed by atoms with Gasteiger partial charge in [0.25, 0.3) is 0 Å². The molecule has 3 rings (SSSR count). The molecule has 0 bridgehead atoms. The monoisotopic (exact) mass is 329 g/mol. The Kier molecular flexibility index (Phi) is 7.53. The molecule has 2 aromatic carbocycles. The van der Waals surface area contributed by atoms with Crippen molar-refractivity contribution in [2.24, 2.45) is 5.92 Å². The van der Waals surface area contributed by atoms with Crippen LogP contribution >= 0.6 is 0 Å². The predicted molar refractivity (Wildman–Crippen MR) is 105 cm³/mol. The Morgan fingerprint density at radius 1 is 1.04 bits per heavy atom. The molecule has 0 saturated carbocycles. The zero-order valence-electron chi connectivity index (χ0n) is 14.9. The minimum absolute atomic E-state index is 0.0641. The zero-order chi connectivity index (χ0) is 17.9. The normalized spacial score (nSPS) is 11.2. The lowest BCUT2D eigenvalue weighted by Gasteiger charge is -2.15. The Labute approximate surface area is 151 Å². The van der Waals surface area contributed by atoms with E-state index < -0.39 is 0 Å². The van der Waals surface area contributed by atoms with Crippen molar-refractivity contribution in [3.63, 3.8) is 0 Å². The largest absolute Gasteiger partial charge is 0.336 e. The van der Waals surface area contributed by atoms with Crippen LogP contribution < -0.4 is 0 Å². The van der Waals surface area contributed by atoms with E-state index in [2.05, 4.69) is 79.6 Å². The first kappa shape index (κ1) is 18.5. The number of rotatable bonds is 5. The van der Waals surface area contributed by atoms with Crippen LogP contribution in [0.1, 0.15) is 24.0 Å². The van der Waals surface area contributed by atoms with Gasteiger partial charge in [0.1, 0.15) is 7.85 Å². The van der Waals surface area contributed by atoms with E-state index in [9.17, 15) is 0 Å². The lowest BCUT2D eigenvalue weighted by Crippen LogP contribution is -2.02. The minimum Gasteiger partial charge on any atom is -0.336 e. The van der Waals surface area contributed by atoms with Crippen LogP contribution in [-0.4, -0.2) is 17.4 Å². The molecule has 4 heteroatoms. The molecule has 0 fully saturated rings. The molecular weight excluding hydrogens is 305 g/mol. The van der Waals surface area contributed by atoms with Gasteiger partial charge in [0.05, 0.1) is 18.3 Å². The summed E-state index contributed by atoms with van der Waals surface area (Å²) in [5.74, 6) is 0.599. The average molecular weight is 329 g/mol. The zero-order valence-corrected chi connectivity index (χ0v) is 14.9. The Morgan fingerprint density at radius 3 is 2.00 bits per heavy atom. The second-order valence-corrected chi connectivity index (χ2v) is 6.07. The molecule has 0 aliphatic heterocycles. The van der Waals surface area contributed by atoms with Crippen LogP contribution in [-0.2, 0) is 6.54 Å². The highest BCUT2D eigenvalue weighted by atomic mass is 15.0. The number of imidazole rings is 1. The lowest BCUT2D eigenvalue weighted by molar-refractivity contribution is 0.580. The van der Waals surface area contributed by atoms with E-state index in [1.54, 1.807) is 12.5 Å². The van der Waals surface area contributed by atoms with Gasteiger partial charge in [0, 0.05) is 24.9 Å². The van der Waals surface area contributed by atoms with Crippen molar-refractivity contribution < 1.29 is 0 Å². The predicted octanol–water partition coefficient (Wildman–Crippen LogP) is 3.91. The first-order valence-corrected chi connectivity index (χ1v) is 8.69. The summed E-state index contributed by atoms with van der Waals surface area (Å²) in [5.41, 5.74) is 2.82. The molecule has 3 nitrogen and oxygen atoms in total. The number of nitriles is 1. The number of aromatic nitrogens is 2. The van der Waals surface area contributed by atoms with Crippen molar-refractivity contribution in [2.75, 3.05) is 0 Å². The summed E-state index contributed by atoms with van der Waals surface area (Å²) in [5, 5.41) is 8.45. The summed E-state index contributed by atoms with van der Waals surface area (Å²) in [4.78, 5) is 3.86. The van der Waals surface area contributed by atoms with Crippen molar-refractivity contribution >= 4 is 7.85 Å². The molecule has 0 amide bonds. The second-order valence-electron chi connectivity index (χ2n) is 6.07. The van der Waals surface area contributed by atoms with Gasteiger partial charge in [-0.05, 0) is 18.1 Å². The maximum absolute atomic E-state index is 8.45. The summed E-state index contributed by atoms with van der Waals surface area (Å²) in [6, 6.07) is 23.6. The van der Waals surface area contributed by atoms with Crippen LogP contribution in [0.4, 0.5) is 0 Å². The highest BCUT2D eigenvalue weighted by molar-refractivity contribution is 6.09. The summed E-state index contributed by atoms with van der Waals surface area (Å²) < 4.78 is 1.90. The smallest absolute Gasteiger partial charge is 0.102 e. The van der Waals surface area contributed by atoms with Gasteiger partial charge in [-0.3, -0.25) is 0 Å². The molecule has 0 N–H and O–H groups in total. The van der Waals surface area contributed by atoms with Crippen LogP contribution in [0.3, 0.4) is 0 Å². The molecule has 1 heterocycles. The molecular formula is C21H24BN3. The van der Waals surface area contributed by atoms with Gasteiger partial charge in [-0.25, -0.2) is 4.98 Å². The Bertz CT molecular complexity index is 709. The third kappa shape index (κ3) is 5.97. The molecule has 1 unspecified atom stereocenters. The highest BCUT2D eigenvalue weighted by Crippen LogP contribution is 2.26. The fourth-order valence-electron chi connectivity index (χ4n) is 2.79. The second kappa shape index (κ2) is 10.1. The molecule has 0 radical (unpaired) electrons. The van der Waals surface area contributed by atoms with E-state index in [4.69, 9.17) is 5.26 Å². The fraction of sp³-hybridized carbons (Fsp3) is 0.238. The first-order valence-electron chi connectivity index (χ1n) is 8.69. The summed E-state index contributed by atoms with van der Waals surface area (Å²) in [6.07, 6.45) is 6.43. The molecule has 1 aromatic heterocycles. The topological polar surface area (TPSA) is 41.6 Å². The summed E-state index contributed by atoms with van der Waals surface area (Å²) >= 11 is 0. The maximum Gasteiger partial charge on any atom is 0.102 e. The summed E-state index contributed by atoms with van der Waals surface area (Å²) in [6.45, 7) is 2.62. The van der Waals surface area contributed by atoms with Gasteiger partial charge in [-0.15, -0.1) is 0 Å². The summed E-state index contributed by atoms with van der Waals surface area (Å²) in [7, 11) is 2.24. The van der Waals surface area contributed by atoms with Gasteiger partial charge >= 0.3 is 0 Å². The quantitative estimate of drug-likeness (QED) is 0.666. The van der Waals surface area contributed by atoms with Gasteiger partial charge in [0.15, 0.2) is 0 Å². The minimum atomic E-state index is 0.0641. The van der Waals surface area contributed by atoms with Crippen molar-refractivity contribution in [2.45, 2.75) is 25.7 Å². The average Bonchev–Trinajstić information content (AvgIpc) is 3.17. The SMILES string of the molecule is BCC(c1ccccc1)c1ccccc1.CC(C#N)Cn1ccnc1. The van der Waals surface area contributed by atoms with Gasteiger partial charge in [0.2, 0.25) is 0 Å². The third-order valence-electron chi connectivity index (χ3n) is 4.08. The van der Waals surface area contributed by atoms with E-state index in [-0.39, 0.29) is 5.92 Å². The molecule has 0 saturated heterocycles. The van der Waals surface area contributed by atoms with Crippen molar-refractivity contribution in [1.29, 1.82) is 5.26 Å². The van der Waals surface area contributed by atoms with E-state index >= 15 is 0 Å². The molecule has 25 heavy (non-hydrogen) atoms. The maximum atomic E-state index is 8.45. The van der Waals surface area contributed by atoms with Crippen molar-refractivity contribution in [1.82, 2.24) is 9.55 Å². The van der Waals surface area contributed by atoms with Crippen LogP contribution in [0, 0.1) is 17.2 Å². The number of benzene rings is 2. The van der Waals surface area contributed by atoms with Gasteiger partial charge in [-0.1, -0.05) is 67.0 Å². The molecule has 0 aliphatic carbocycles. The number of hydrogen-bond donors (Lipinski definition) is 0. The Hall–Kier alpha value is -2.80. The van der Waals surface area contributed by atoms with Crippen LogP contribution in [0.5, 0.6) is 0 Å². The van der Waals surface area contributed by atoms with Crippen molar-refractivity contribution in [3.05, 3.63) is 90.5 Å². The van der Waals surface area contributed by atoms with E-state index in [1.165, 1.54) is 11.1 Å². The lowest BCUT2D eigenvalue weighted by atomic mass is 9.81. The highest BCUT2D eigenvalue weighted by Gasteiger charge is 2.10. The molecule has 1 atom stereocenters. The van der Waals surface area contributed by atoms with E-state index in [1.807, 2.05) is 17.7 Å². The standard InChI is InChI=1S/C14H15B.C7H9N3/c15-11-14(12-7-3-1-4-8-12)13-9-5-2-6-10-13;1-7(4-8)5-10-3-2-9-6-10/h1-10,14H,11,15H2;2-3,6-7H,5H2,1H3. The fourth-order valence-corrected chi connectivity index (χ4v) is 2.79. The van der Waals surface area contributed by atoms with E-state index in [0.29, 0.717) is 5.92 Å². The molecule has 0 spiro atoms. The van der Waals surface area contributed by atoms with Gasteiger partial charge in [-0.2, -0.15) is 5.26 Å². The Morgan fingerprint density at radius 2 is 1.60 bits per heavy atom. The molecule has 126 valence electrons. The van der Waals surface area contributed by atoms with E-state index in [0.717, 1.165) is 12.9 Å². The van der Waals surface area contributed by atoms with Crippen LogP contribution in [0.15, 0.2) is 79.4 Å².